The van der Waals surface area contributed by atoms with Gasteiger partial charge < -0.3 is 9.64 Å². The molecule has 33 heavy (non-hydrogen) atoms. The molecule has 3 aromatic rings. The highest BCUT2D eigenvalue weighted by molar-refractivity contribution is 7.93. The van der Waals surface area contributed by atoms with Crippen LogP contribution in [0, 0.1) is 5.82 Å². The molecular formula is C26H27FN2O3S. The van der Waals surface area contributed by atoms with Crippen molar-refractivity contribution >= 4 is 26.5 Å². The van der Waals surface area contributed by atoms with Crippen LogP contribution in [0.15, 0.2) is 53.4 Å². The zero-order valence-electron chi connectivity index (χ0n) is 18.5. The van der Waals surface area contributed by atoms with Gasteiger partial charge in [0.2, 0.25) is 0 Å². The Morgan fingerprint density at radius 2 is 1.70 bits per heavy atom. The van der Waals surface area contributed by atoms with Gasteiger partial charge in [-0.1, -0.05) is 24.3 Å². The summed E-state index contributed by atoms with van der Waals surface area (Å²) in [4.78, 5) is 2.72. The highest BCUT2D eigenvalue weighted by Crippen LogP contribution is 2.41. The Labute approximate surface area is 193 Å². The Hall–Kier alpha value is -2.64. The lowest BCUT2D eigenvalue weighted by atomic mass is 10.1. The molecule has 0 atom stereocenters. The third-order valence-corrected chi connectivity index (χ3v) is 9.17. The Balaban J connectivity index is 1.10. The van der Waals surface area contributed by atoms with E-state index in [4.69, 9.17) is 4.74 Å². The Morgan fingerprint density at radius 1 is 0.939 bits per heavy atom. The van der Waals surface area contributed by atoms with Crippen LogP contribution < -0.4 is 9.04 Å². The summed E-state index contributed by atoms with van der Waals surface area (Å²) >= 11 is 0. The topological polar surface area (TPSA) is 49.9 Å². The second kappa shape index (κ2) is 7.99. The summed E-state index contributed by atoms with van der Waals surface area (Å²) < 4.78 is 48.2. The van der Waals surface area contributed by atoms with E-state index in [0.29, 0.717) is 18.0 Å². The fourth-order valence-electron chi connectivity index (χ4n) is 5.60. The normalized spacial score (nSPS) is 19.8. The second-order valence-electron chi connectivity index (χ2n) is 9.22. The monoisotopic (exact) mass is 466 g/mol. The van der Waals surface area contributed by atoms with Crippen LogP contribution in [0.2, 0.25) is 0 Å². The van der Waals surface area contributed by atoms with Gasteiger partial charge in [0.25, 0.3) is 10.0 Å². The average molecular weight is 467 g/mol. The minimum absolute atomic E-state index is 0.112. The summed E-state index contributed by atoms with van der Waals surface area (Å²) in [5.74, 6) is 0.732. The molecule has 1 aliphatic carbocycles. The van der Waals surface area contributed by atoms with E-state index in [-0.39, 0.29) is 11.9 Å². The minimum atomic E-state index is -3.51. The molecule has 1 fully saturated rings. The number of fused-ring (bicyclic) bond motifs is 1. The van der Waals surface area contributed by atoms with Crippen molar-refractivity contribution in [1.82, 2.24) is 4.90 Å². The number of rotatable bonds is 5. The molecule has 0 amide bonds. The first-order valence-electron chi connectivity index (χ1n) is 11.8. The molecular weight excluding hydrogens is 439 g/mol. The van der Waals surface area contributed by atoms with Crippen molar-refractivity contribution in [2.75, 3.05) is 30.5 Å². The lowest BCUT2D eigenvalue weighted by Gasteiger charge is -2.33. The van der Waals surface area contributed by atoms with Crippen molar-refractivity contribution in [2.45, 2.75) is 43.1 Å². The molecule has 0 unspecified atom stereocenters. The van der Waals surface area contributed by atoms with Crippen LogP contribution in [0.1, 0.15) is 30.4 Å². The third kappa shape index (κ3) is 3.49. The quantitative estimate of drug-likeness (QED) is 0.555. The molecule has 3 aromatic carbocycles. The second-order valence-corrected chi connectivity index (χ2v) is 11.1. The van der Waals surface area contributed by atoms with Crippen molar-refractivity contribution < 1.29 is 17.5 Å². The molecule has 0 bridgehead atoms. The van der Waals surface area contributed by atoms with E-state index in [0.717, 1.165) is 78.5 Å². The number of nitrogens with zero attached hydrogens (tertiary/aromatic N) is 2. The first-order chi connectivity index (χ1) is 16.0. The van der Waals surface area contributed by atoms with E-state index in [1.165, 1.54) is 6.07 Å². The summed E-state index contributed by atoms with van der Waals surface area (Å²) in [5.41, 5.74) is 2.66. The molecule has 172 valence electrons. The van der Waals surface area contributed by atoms with Crippen LogP contribution in [-0.2, 0) is 22.9 Å². The van der Waals surface area contributed by atoms with Crippen LogP contribution >= 0.6 is 0 Å². The van der Waals surface area contributed by atoms with E-state index in [1.807, 2.05) is 30.3 Å². The van der Waals surface area contributed by atoms with Crippen LogP contribution in [0.3, 0.4) is 0 Å². The smallest absolute Gasteiger partial charge is 0.265 e. The Morgan fingerprint density at radius 3 is 2.52 bits per heavy atom. The van der Waals surface area contributed by atoms with Crippen molar-refractivity contribution in [1.29, 1.82) is 0 Å². The van der Waals surface area contributed by atoms with Gasteiger partial charge in [-0.15, -0.1) is 0 Å². The highest BCUT2D eigenvalue weighted by Gasteiger charge is 2.35. The number of sulfonamides is 1. The van der Waals surface area contributed by atoms with Gasteiger partial charge in [0.1, 0.15) is 17.7 Å². The molecule has 3 aliphatic rings. The summed E-state index contributed by atoms with van der Waals surface area (Å²) in [7, 11) is -3.51. The van der Waals surface area contributed by atoms with E-state index >= 15 is 0 Å². The highest BCUT2D eigenvalue weighted by atomic mass is 32.2. The maximum absolute atomic E-state index is 14.0. The zero-order chi connectivity index (χ0) is 22.6. The van der Waals surface area contributed by atoms with Crippen LogP contribution in [0.5, 0.6) is 5.75 Å². The molecule has 2 aliphatic heterocycles. The first-order valence-corrected chi connectivity index (χ1v) is 13.2. The molecule has 2 heterocycles. The molecule has 6 rings (SSSR count). The van der Waals surface area contributed by atoms with E-state index < -0.39 is 10.0 Å². The summed E-state index contributed by atoms with van der Waals surface area (Å²) in [6, 6.07) is 14.6. The Bertz CT molecular complexity index is 1330. The Kier molecular flexibility index (Phi) is 5.07. The van der Waals surface area contributed by atoms with Gasteiger partial charge in [-0.05, 0) is 67.3 Å². The van der Waals surface area contributed by atoms with Gasteiger partial charge in [0.15, 0.2) is 0 Å². The number of halogens is 1. The van der Waals surface area contributed by atoms with Crippen LogP contribution in [-0.4, -0.2) is 45.6 Å². The zero-order valence-corrected chi connectivity index (χ0v) is 19.3. The fourth-order valence-corrected chi connectivity index (χ4v) is 7.30. The molecule has 0 N–H and O–H groups in total. The minimum Gasteiger partial charge on any atom is -0.490 e. The number of likely N-dealkylation sites (tertiary alicyclic amines) is 1. The van der Waals surface area contributed by atoms with Crippen molar-refractivity contribution in [3.8, 4) is 5.75 Å². The predicted octanol–water partition coefficient (Wildman–Crippen LogP) is 4.52. The van der Waals surface area contributed by atoms with Gasteiger partial charge in [-0.25, -0.2) is 12.8 Å². The number of hydrogen-bond acceptors (Lipinski definition) is 4. The van der Waals surface area contributed by atoms with Gasteiger partial charge in [0, 0.05) is 37.1 Å². The number of benzene rings is 3. The maximum Gasteiger partial charge on any atom is 0.265 e. The average Bonchev–Trinajstić information content (AvgIpc) is 3.40. The van der Waals surface area contributed by atoms with E-state index in [2.05, 4.69) is 4.90 Å². The first kappa shape index (κ1) is 20.9. The lowest BCUT2D eigenvalue weighted by Crippen LogP contribution is -2.43. The van der Waals surface area contributed by atoms with Gasteiger partial charge in [0.05, 0.1) is 10.6 Å². The molecule has 0 saturated carbocycles. The largest absolute Gasteiger partial charge is 0.490 e. The van der Waals surface area contributed by atoms with E-state index in [1.54, 1.807) is 16.4 Å². The molecule has 7 heteroatoms. The van der Waals surface area contributed by atoms with Gasteiger partial charge in [-0.2, -0.15) is 0 Å². The molecule has 0 aromatic heterocycles. The summed E-state index contributed by atoms with van der Waals surface area (Å²) in [6.07, 6.45) is 4.56. The molecule has 1 saturated heterocycles. The number of anilines is 1. The van der Waals surface area contributed by atoms with Gasteiger partial charge in [-0.3, -0.25) is 4.31 Å². The van der Waals surface area contributed by atoms with Crippen molar-refractivity contribution in [2.24, 2.45) is 0 Å². The van der Waals surface area contributed by atoms with Crippen molar-refractivity contribution in [3.63, 3.8) is 0 Å². The standard InChI is InChI=1S/C26H27FN2O3S/c27-22-10-11-24(21-7-3-6-20(21)22)32-19-12-14-28(15-13-19)16-17-29-23-8-1-4-18-5-2-9-25(26(18)23)33(29,30)31/h1-2,4-5,8-11,19H,3,6-7,12-17H2. The summed E-state index contributed by atoms with van der Waals surface area (Å²) in [5, 5.41) is 1.79. The number of piperidine rings is 1. The fraction of sp³-hybridized carbons (Fsp3) is 0.385. The molecule has 5 nitrogen and oxygen atoms in total. The van der Waals surface area contributed by atoms with Crippen LogP contribution in [0.4, 0.5) is 10.1 Å². The SMILES string of the molecule is O=S1(=O)c2cccc3cccc(c23)N1CCN1CCC(Oc2ccc(F)c3c2CCC3)CC1. The summed E-state index contributed by atoms with van der Waals surface area (Å²) in [6.45, 7) is 2.84. The van der Waals surface area contributed by atoms with E-state index in [9.17, 15) is 12.8 Å². The molecule has 0 radical (unpaired) electrons. The third-order valence-electron chi connectivity index (χ3n) is 7.31. The molecule has 0 spiro atoms. The maximum atomic E-state index is 14.0. The van der Waals surface area contributed by atoms with Crippen molar-refractivity contribution in [3.05, 3.63) is 65.5 Å². The van der Waals surface area contributed by atoms with Gasteiger partial charge >= 0.3 is 0 Å². The number of ether oxygens (including phenoxy) is 1. The lowest BCUT2D eigenvalue weighted by molar-refractivity contribution is 0.102. The van der Waals surface area contributed by atoms with Crippen LogP contribution in [0.25, 0.3) is 10.8 Å². The number of hydrogen-bond donors (Lipinski definition) is 0. The predicted molar refractivity (Wildman–Crippen MR) is 127 cm³/mol.